The van der Waals surface area contributed by atoms with Crippen LogP contribution in [0.3, 0.4) is 0 Å². The van der Waals surface area contributed by atoms with E-state index in [9.17, 15) is 0 Å². The number of allylic oxidation sites excluding steroid dienone is 8. The van der Waals surface area contributed by atoms with E-state index in [4.69, 9.17) is 0 Å². The van der Waals surface area contributed by atoms with E-state index < -0.39 is 17.9 Å². The van der Waals surface area contributed by atoms with E-state index in [1.54, 1.807) is 10.9 Å². The molecule has 0 radical (unpaired) electrons. The van der Waals surface area contributed by atoms with Gasteiger partial charge >= 0.3 is 107 Å². The van der Waals surface area contributed by atoms with Crippen molar-refractivity contribution in [3.05, 3.63) is 61.7 Å². The van der Waals surface area contributed by atoms with Gasteiger partial charge in [-0.2, -0.15) is 0 Å². The van der Waals surface area contributed by atoms with Crippen LogP contribution in [0.5, 0.6) is 0 Å². The third-order valence-corrected chi connectivity index (χ3v) is 9.22. The maximum atomic E-state index is 2.36. The fourth-order valence-electron chi connectivity index (χ4n) is 2.21. The molecule has 0 aromatic carbocycles. The molecular formula is C14H14ClSTi. The molecule has 2 aliphatic rings. The summed E-state index contributed by atoms with van der Waals surface area (Å²) < 4.78 is 5.06. The predicted octanol–water partition coefficient (Wildman–Crippen LogP) is 4.10. The molecule has 3 heteroatoms. The van der Waals surface area contributed by atoms with Crippen LogP contribution in [0.1, 0.15) is 12.8 Å². The Kier molecular flexibility index (Phi) is 4.64. The van der Waals surface area contributed by atoms with Gasteiger partial charge in [0.1, 0.15) is 0 Å². The summed E-state index contributed by atoms with van der Waals surface area (Å²) in [5.41, 5.74) is 0. The maximum Gasteiger partial charge on any atom is -0.147 e. The Morgan fingerprint density at radius 3 is 2.06 bits per heavy atom. The molecule has 1 aromatic heterocycles. The Morgan fingerprint density at radius 1 is 1.00 bits per heavy atom. The van der Waals surface area contributed by atoms with Crippen LogP contribution >= 0.6 is 23.7 Å². The first-order chi connectivity index (χ1) is 7.95. The molecule has 0 aliphatic heterocycles. The summed E-state index contributed by atoms with van der Waals surface area (Å²) in [6, 6.07) is 4.53. The molecule has 87 valence electrons. The summed E-state index contributed by atoms with van der Waals surface area (Å²) in [5.74, 6) is 0. The molecule has 0 saturated carbocycles. The SMILES string of the molecule is C1=CC[C]([Ti]([C]2=CC=CC2)[c]2cccs2)=C1.Cl. The minimum absolute atomic E-state index is 0. The fraction of sp³-hybridized carbons (Fsp3) is 0.143. The second kappa shape index (κ2) is 6.02. The number of halogens is 1. The molecule has 0 saturated heterocycles. The van der Waals surface area contributed by atoms with Crippen LogP contribution in [0.2, 0.25) is 0 Å². The van der Waals surface area contributed by atoms with Crippen molar-refractivity contribution in [2.45, 2.75) is 12.8 Å². The normalized spacial score (nSPS) is 16.7. The number of rotatable bonds is 3. The molecule has 1 heterocycles. The summed E-state index contributed by atoms with van der Waals surface area (Å²) in [6.45, 7) is 0. The van der Waals surface area contributed by atoms with E-state index in [1.165, 1.54) is 12.8 Å². The quantitative estimate of drug-likeness (QED) is 0.737. The summed E-state index contributed by atoms with van der Waals surface area (Å²) in [6.07, 6.45) is 16.1. The molecule has 0 bridgehead atoms. The van der Waals surface area contributed by atoms with Gasteiger partial charge in [0.05, 0.1) is 0 Å². The van der Waals surface area contributed by atoms with Gasteiger partial charge in [0.25, 0.3) is 0 Å². The molecule has 17 heavy (non-hydrogen) atoms. The Bertz CT molecular complexity index is 464. The molecule has 0 N–H and O–H groups in total. The number of thiophene rings is 1. The van der Waals surface area contributed by atoms with E-state index >= 15 is 0 Å². The predicted molar refractivity (Wildman–Crippen MR) is 74.9 cm³/mol. The van der Waals surface area contributed by atoms with Gasteiger partial charge in [0.15, 0.2) is 0 Å². The molecule has 0 nitrogen and oxygen atoms in total. The zero-order valence-corrected chi connectivity index (χ0v) is 12.6. The molecule has 0 atom stereocenters. The molecule has 3 rings (SSSR count). The van der Waals surface area contributed by atoms with Gasteiger partial charge in [-0.15, -0.1) is 12.4 Å². The molecule has 0 fully saturated rings. The van der Waals surface area contributed by atoms with Gasteiger partial charge in [-0.3, -0.25) is 0 Å². The first kappa shape index (κ1) is 13.1. The maximum absolute atomic E-state index is 2.36. The van der Waals surface area contributed by atoms with Crippen LogP contribution in [0.4, 0.5) is 0 Å². The van der Waals surface area contributed by atoms with Crippen LogP contribution in [0, 0.1) is 0 Å². The minimum atomic E-state index is -1.34. The topological polar surface area (TPSA) is 0 Å². The van der Waals surface area contributed by atoms with Crippen molar-refractivity contribution < 1.29 is 17.9 Å². The molecule has 0 amide bonds. The van der Waals surface area contributed by atoms with Gasteiger partial charge in [-0.1, -0.05) is 0 Å². The summed E-state index contributed by atoms with van der Waals surface area (Å²) in [5, 5.41) is 2.22. The van der Waals surface area contributed by atoms with Gasteiger partial charge in [-0.25, -0.2) is 0 Å². The van der Waals surface area contributed by atoms with Gasteiger partial charge in [0, 0.05) is 0 Å². The third kappa shape index (κ3) is 2.74. The average molecular weight is 298 g/mol. The van der Waals surface area contributed by atoms with E-state index in [-0.39, 0.29) is 12.4 Å². The number of hydrogen-bond acceptors (Lipinski definition) is 1. The summed E-state index contributed by atoms with van der Waals surface area (Å²) in [4.78, 5) is 0. The van der Waals surface area contributed by atoms with E-state index in [2.05, 4.69) is 54.0 Å². The second-order valence-corrected chi connectivity index (χ2v) is 9.53. The average Bonchev–Trinajstić information content (AvgIpc) is 3.02. The van der Waals surface area contributed by atoms with Crippen molar-refractivity contribution in [2.24, 2.45) is 0 Å². The van der Waals surface area contributed by atoms with Crippen LogP contribution in [-0.4, -0.2) is 0 Å². The van der Waals surface area contributed by atoms with Crippen molar-refractivity contribution >= 4 is 26.9 Å². The summed E-state index contributed by atoms with van der Waals surface area (Å²) >= 11 is 0.599. The van der Waals surface area contributed by atoms with Gasteiger partial charge < -0.3 is 0 Å². The standard InChI is InChI=1S/2C5H5.C4H3S.ClH.Ti/c3*1-2-4-5-3-1;;/h2*1-3H,4H2;1-3H;1H;. The van der Waals surface area contributed by atoms with Crippen molar-refractivity contribution in [1.82, 2.24) is 0 Å². The van der Waals surface area contributed by atoms with Gasteiger partial charge in [0.2, 0.25) is 0 Å². The summed E-state index contributed by atoms with van der Waals surface area (Å²) in [7, 11) is 0. The van der Waals surface area contributed by atoms with Crippen molar-refractivity contribution in [3.63, 3.8) is 0 Å². The zero-order chi connectivity index (χ0) is 10.8. The first-order valence-electron chi connectivity index (χ1n) is 5.58. The molecule has 2 aliphatic carbocycles. The Hall–Kier alpha value is -0.336. The third-order valence-electron chi connectivity index (χ3n) is 2.95. The number of hydrogen-bond donors (Lipinski definition) is 0. The van der Waals surface area contributed by atoms with Crippen LogP contribution in [-0.2, 0) is 17.9 Å². The van der Waals surface area contributed by atoms with Crippen molar-refractivity contribution in [1.29, 1.82) is 0 Å². The van der Waals surface area contributed by atoms with Crippen LogP contribution < -0.4 is 3.18 Å². The Labute approximate surface area is 119 Å². The zero-order valence-electron chi connectivity index (χ0n) is 9.43. The van der Waals surface area contributed by atoms with E-state index in [0.717, 1.165) is 0 Å². The second-order valence-electron chi connectivity index (χ2n) is 4.00. The van der Waals surface area contributed by atoms with Gasteiger partial charge in [-0.05, 0) is 0 Å². The fourth-order valence-corrected chi connectivity index (χ4v) is 8.61. The Balaban J connectivity index is 0.00000108. The first-order valence-corrected chi connectivity index (χ1v) is 8.80. The molecule has 1 aromatic rings. The van der Waals surface area contributed by atoms with Crippen molar-refractivity contribution in [3.8, 4) is 0 Å². The van der Waals surface area contributed by atoms with E-state index in [1.807, 2.05) is 11.3 Å². The smallest absolute Gasteiger partial charge is 0.147 e. The minimum Gasteiger partial charge on any atom is -0.147 e. The Morgan fingerprint density at radius 2 is 1.65 bits per heavy atom. The van der Waals surface area contributed by atoms with Crippen molar-refractivity contribution in [2.75, 3.05) is 0 Å². The molecular weight excluding hydrogens is 284 g/mol. The van der Waals surface area contributed by atoms with Crippen LogP contribution in [0.25, 0.3) is 0 Å². The van der Waals surface area contributed by atoms with Crippen LogP contribution in [0.15, 0.2) is 61.7 Å². The monoisotopic (exact) mass is 297 g/mol. The molecule has 0 unspecified atom stereocenters. The molecule has 0 spiro atoms. The largest absolute Gasteiger partial charge is 0.147 e. The van der Waals surface area contributed by atoms with E-state index in [0.29, 0.717) is 0 Å².